The highest BCUT2D eigenvalue weighted by Crippen LogP contribution is 2.30. The fourth-order valence-corrected chi connectivity index (χ4v) is 5.06. The van der Waals surface area contributed by atoms with Gasteiger partial charge in [0, 0.05) is 29.8 Å². The molecule has 4 aromatic rings. The van der Waals surface area contributed by atoms with Crippen LogP contribution in [-0.2, 0) is 22.0 Å². The lowest BCUT2D eigenvalue weighted by Gasteiger charge is -2.19. The minimum Gasteiger partial charge on any atom is -0.361 e. The molecule has 6 heteroatoms. The first-order valence-corrected chi connectivity index (χ1v) is 11.4. The van der Waals surface area contributed by atoms with Crippen molar-refractivity contribution in [2.24, 2.45) is 0 Å². The zero-order chi connectivity index (χ0) is 21.5. The van der Waals surface area contributed by atoms with Gasteiger partial charge in [-0.1, -0.05) is 39.0 Å². The summed E-state index contributed by atoms with van der Waals surface area (Å²) in [5, 5.41) is 4.15. The van der Waals surface area contributed by atoms with E-state index in [9.17, 15) is 8.42 Å². The molecule has 0 amide bonds. The van der Waals surface area contributed by atoms with Crippen LogP contribution in [0.4, 0.5) is 0 Å². The summed E-state index contributed by atoms with van der Waals surface area (Å²) >= 11 is 0. The number of H-pyrrole nitrogens is 1. The second-order valence-corrected chi connectivity index (χ2v) is 10.4. The van der Waals surface area contributed by atoms with Gasteiger partial charge in [0.25, 0.3) is 10.0 Å². The molecule has 0 fully saturated rings. The van der Waals surface area contributed by atoms with E-state index in [4.69, 9.17) is 0 Å². The van der Waals surface area contributed by atoms with Crippen LogP contribution < -0.4 is 5.32 Å². The Labute approximate surface area is 177 Å². The summed E-state index contributed by atoms with van der Waals surface area (Å²) in [7, 11) is -1.89. The second kappa shape index (κ2) is 7.45. The molecule has 0 aliphatic heterocycles. The quantitative estimate of drug-likeness (QED) is 0.482. The molecule has 4 rings (SSSR count). The van der Waals surface area contributed by atoms with Crippen LogP contribution in [-0.4, -0.2) is 24.4 Å². The van der Waals surface area contributed by atoms with Crippen molar-refractivity contribution in [3.05, 3.63) is 78.1 Å². The lowest BCUT2D eigenvalue weighted by molar-refractivity contribution is 0.582. The number of aromatic nitrogens is 2. The largest absolute Gasteiger partial charge is 0.361 e. The minimum absolute atomic E-state index is 0.0349. The van der Waals surface area contributed by atoms with Crippen molar-refractivity contribution < 1.29 is 8.42 Å². The molecule has 0 unspecified atom stereocenters. The van der Waals surface area contributed by atoms with Crippen molar-refractivity contribution in [3.63, 3.8) is 0 Å². The van der Waals surface area contributed by atoms with Crippen LogP contribution in [0.3, 0.4) is 0 Å². The maximum absolute atomic E-state index is 13.6. The van der Waals surface area contributed by atoms with E-state index in [-0.39, 0.29) is 10.3 Å². The monoisotopic (exact) mass is 421 g/mol. The van der Waals surface area contributed by atoms with E-state index < -0.39 is 10.0 Å². The van der Waals surface area contributed by atoms with Crippen LogP contribution in [0, 0.1) is 0 Å². The maximum Gasteiger partial charge on any atom is 0.268 e. The Hall–Kier alpha value is -2.83. The van der Waals surface area contributed by atoms with E-state index in [0.717, 1.165) is 27.6 Å². The Bertz CT molecular complexity index is 1290. The summed E-state index contributed by atoms with van der Waals surface area (Å²) in [6.45, 7) is 6.93. The SMILES string of the molecule is CNCc1cc(-c2ccc3[nH]ccc3c2)n(S(=O)(=O)c2ccc(C(C)(C)C)cc2)c1. The van der Waals surface area contributed by atoms with Crippen molar-refractivity contribution in [2.75, 3.05) is 7.05 Å². The second-order valence-electron chi connectivity index (χ2n) is 8.62. The lowest BCUT2D eigenvalue weighted by atomic mass is 9.87. The summed E-state index contributed by atoms with van der Waals surface area (Å²) in [5.41, 5.74) is 4.52. The Morgan fingerprint density at radius 2 is 1.73 bits per heavy atom. The number of rotatable bonds is 5. The molecule has 0 aliphatic rings. The van der Waals surface area contributed by atoms with Crippen molar-refractivity contribution in [1.82, 2.24) is 14.3 Å². The average Bonchev–Trinajstić information content (AvgIpc) is 3.34. The maximum atomic E-state index is 13.6. The van der Waals surface area contributed by atoms with E-state index in [1.54, 1.807) is 18.3 Å². The number of nitrogens with zero attached hydrogens (tertiary/aromatic N) is 1. The fraction of sp³-hybridized carbons (Fsp3) is 0.250. The van der Waals surface area contributed by atoms with E-state index in [1.807, 2.05) is 55.7 Å². The molecule has 0 aliphatic carbocycles. The van der Waals surface area contributed by atoms with Gasteiger partial charge in [0.2, 0.25) is 0 Å². The predicted molar refractivity (Wildman–Crippen MR) is 122 cm³/mol. The van der Waals surface area contributed by atoms with Gasteiger partial charge >= 0.3 is 0 Å². The fourth-order valence-electron chi connectivity index (χ4n) is 3.66. The van der Waals surface area contributed by atoms with Gasteiger partial charge in [-0.05, 0) is 65.6 Å². The summed E-state index contributed by atoms with van der Waals surface area (Å²) in [5.74, 6) is 0. The molecule has 2 aromatic heterocycles. The molecular weight excluding hydrogens is 394 g/mol. The number of hydrogen-bond acceptors (Lipinski definition) is 3. The standard InChI is InChI=1S/C24H27N3O2S/c1-24(2,3)20-6-8-21(9-7-20)30(28,29)27-16-17(15-25-4)13-23(27)19-5-10-22-18(14-19)11-12-26-22/h5-14,16,25-26H,15H2,1-4H3. The van der Waals surface area contributed by atoms with Crippen LogP contribution in [0.1, 0.15) is 31.9 Å². The molecule has 2 heterocycles. The van der Waals surface area contributed by atoms with Gasteiger partial charge in [-0.15, -0.1) is 0 Å². The highest BCUT2D eigenvalue weighted by Gasteiger charge is 2.23. The van der Waals surface area contributed by atoms with Crippen molar-refractivity contribution in [1.29, 1.82) is 0 Å². The molecule has 2 N–H and O–H groups in total. The Morgan fingerprint density at radius 1 is 1.00 bits per heavy atom. The normalized spacial score (nSPS) is 12.5. The Balaban J connectivity index is 1.84. The van der Waals surface area contributed by atoms with Crippen LogP contribution in [0.15, 0.2) is 71.9 Å². The highest BCUT2D eigenvalue weighted by atomic mass is 32.2. The summed E-state index contributed by atoms with van der Waals surface area (Å²) in [6.07, 6.45) is 3.59. The lowest BCUT2D eigenvalue weighted by Crippen LogP contribution is -2.15. The van der Waals surface area contributed by atoms with Crippen molar-refractivity contribution in [3.8, 4) is 11.3 Å². The number of aromatic amines is 1. The van der Waals surface area contributed by atoms with Gasteiger partial charge in [0.1, 0.15) is 0 Å². The molecule has 0 saturated heterocycles. The average molecular weight is 422 g/mol. The van der Waals surface area contributed by atoms with Gasteiger partial charge in [0.05, 0.1) is 10.6 Å². The molecule has 0 atom stereocenters. The van der Waals surface area contributed by atoms with Gasteiger partial charge in [-0.2, -0.15) is 0 Å². The van der Waals surface area contributed by atoms with Gasteiger partial charge in [-0.3, -0.25) is 0 Å². The number of fused-ring (bicyclic) bond motifs is 1. The topological polar surface area (TPSA) is 66.9 Å². The first-order chi connectivity index (χ1) is 14.2. The number of nitrogens with one attached hydrogen (secondary N) is 2. The van der Waals surface area contributed by atoms with Crippen LogP contribution >= 0.6 is 0 Å². The Kier molecular flexibility index (Phi) is 5.08. The molecule has 5 nitrogen and oxygen atoms in total. The van der Waals surface area contributed by atoms with E-state index in [2.05, 4.69) is 31.1 Å². The number of hydrogen-bond donors (Lipinski definition) is 2. The molecule has 0 saturated carbocycles. The smallest absolute Gasteiger partial charge is 0.268 e. The first kappa shape index (κ1) is 20.4. The Morgan fingerprint density at radius 3 is 2.40 bits per heavy atom. The zero-order valence-corrected chi connectivity index (χ0v) is 18.5. The van der Waals surface area contributed by atoms with Gasteiger partial charge < -0.3 is 10.3 Å². The summed E-state index contributed by atoms with van der Waals surface area (Å²) in [4.78, 5) is 3.46. The van der Waals surface area contributed by atoms with E-state index in [0.29, 0.717) is 12.2 Å². The van der Waals surface area contributed by atoms with Crippen LogP contribution in [0.2, 0.25) is 0 Å². The van der Waals surface area contributed by atoms with E-state index in [1.165, 1.54) is 3.97 Å². The molecule has 2 aromatic carbocycles. The third kappa shape index (κ3) is 3.68. The summed E-state index contributed by atoms with van der Waals surface area (Å²) < 4.78 is 28.5. The molecule has 0 bridgehead atoms. The zero-order valence-electron chi connectivity index (χ0n) is 17.7. The molecule has 156 valence electrons. The number of benzene rings is 2. The van der Waals surface area contributed by atoms with Crippen LogP contribution in [0.25, 0.3) is 22.2 Å². The van der Waals surface area contributed by atoms with Gasteiger partial charge in [-0.25, -0.2) is 12.4 Å². The molecule has 30 heavy (non-hydrogen) atoms. The predicted octanol–water partition coefficient (Wildman–Crippen LogP) is 4.89. The third-order valence-electron chi connectivity index (χ3n) is 5.35. The summed E-state index contributed by atoms with van der Waals surface area (Å²) in [6, 6.07) is 17.1. The first-order valence-electron chi connectivity index (χ1n) is 10.00. The van der Waals surface area contributed by atoms with Crippen LogP contribution in [0.5, 0.6) is 0 Å². The van der Waals surface area contributed by atoms with E-state index >= 15 is 0 Å². The minimum atomic E-state index is -3.74. The van der Waals surface area contributed by atoms with Crippen molar-refractivity contribution >= 4 is 20.9 Å². The molecule has 0 spiro atoms. The van der Waals surface area contributed by atoms with Gasteiger partial charge in [0.15, 0.2) is 0 Å². The van der Waals surface area contributed by atoms with Crippen molar-refractivity contribution in [2.45, 2.75) is 37.6 Å². The molecular formula is C24H27N3O2S. The molecule has 0 radical (unpaired) electrons. The highest BCUT2D eigenvalue weighted by molar-refractivity contribution is 7.90. The third-order valence-corrected chi connectivity index (χ3v) is 7.04.